The third-order valence-corrected chi connectivity index (χ3v) is 4.45. The molecule has 5 nitrogen and oxygen atoms in total. The molecule has 3 rings (SSSR count). The molecule has 0 fully saturated rings. The number of H-pyrrole nitrogens is 1. The van der Waals surface area contributed by atoms with Gasteiger partial charge in [-0.25, -0.2) is 0 Å². The second-order valence-electron chi connectivity index (χ2n) is 4.49. The molecule has 2 aromatic rings. The maximum absolute atomic E-state index is 12.1. The SMILES string of the molecule is N#Cc1cn[nH]c1NC(=O)c1cc2c(s1)CCCC2. The van der Waals surface area contributed by atoms with Gasteiger partial charge in [0.25, 0.3) is 5.91 Å². The summed E-state index contributed by atoms with van der Waals surface area (Å²) in [5, 5.41) is 17.9. The average Bonchev–Trinajstić information content (AvgIpc) is 3.03. The van der Waals surface area contributed by atoms with Gasteiger partial charge in [-0.05, 0) is 37.3 Å². The van der Waals surface area contributed by atoms with Gasteiger partial charge in [0.1, 0.15) is 17.5 Å². The van der Waals surface area contributed by atoms with Crippen LogP contribution in [0.4, 0.5) is 5.82 Å². The van der Waals surface area contributed by atoms with E-state index in [1.807, 2.05) is 12.1 Å². The summed E-state index contributed by atoms with van der Waals surface area (Å²) in [7, 11) is 0. The average molecular weight is 272 g/mol. The Morgan fingerprint density at radius 2 is 2.32 bits per heavy atom. The number of amides is 1. The third kappa shape index (κ3) is 2.25. The van der Waals surface area contributed by atoms with Crippen molar-refractivity contribution in [2.24, 2.45) is 0 Å². The van der Waals surface area contributed by atoms with Crippen LogP contribution in [0.5, 0.6) is 0 Å². The second-order valence-corrected chi connectivity index (χ2v) is 5.63. The summed E-state index contributed by atoms with van der Waals surface area (Å²) >= 11 is 1.55. The first-order valence-corrected chi connectivity index (χ1v) is 6.96. The van der Waals surface area contributed by atoms with Crippen LogP contribution in [0.15, 0.2) is 12.3 Å². The number of aryl methyl sites for hydroxylation is 2. The fraction of sp³-hybridized carbons (Fsp3) is 0.308. The van der Waals surface area contributed by atoms with Crippen LogP contribution in [0.3, 0.4) is 0 Å². The molecule has 0 aliphatic heterocycles. The molecule has 0 bridgehead atoms. The van der Waals surface area contributed by atoms with Crippen molar-refractivity contribution in [3.8, 4) is 6.07 Å². The summed E-state index contributed by atoms with van der Waals surface area (Å²) in [6.07, 6.45) is 5.93. The van der Waals surface area contributed by atoms with Gasteiger partial charge >= 0.3 is 0 Å². The van der Waals surface area contributed by atoms with Gasteiger partial charge in [-0.3, -0.25) is 9.89 Å². The Bertz CT molecular complexity index is 641. The Balaban J connectivity index is 1.81. The Morgan fingerprint density at radius 1 is 1.47 bits per heavy atom. The van der Waals surface area contributed by atoms with Gasteiger partial charge in [-0.15, -0.1) is 11.3 Å². The fourth-order valence-corrected chi connectivity index (χ4v) is 3.39. The van der Waals surface area contributed by atoms with Gasteiger partial charge < -0.3 is 5.32 Å². The number of carbonyl (C=O) groups is 1. The maximum atomic E-state index is 12.1. The lowest BCUT2D eigenvalue weighted by Gasteiger charge is -2.08. The van der Waals surface area contributed by atoms with E-state index >= 15 is 0 Å². The van der Waals surface area contributed by atoms with E-state index in [1.165, 1.54) is 29.5 Å². The van der Waals surface area contributed by atoms with Crippen LogP contribution < -0.4 is 5.32 Å². The summed E-state index contributed by atoms with van der Waals surface area (Å²) in [6.45, 7) is 0. The van der Waals surface area contributed by atoms with E-state index in [9.17, 15) is 4.79 Å². The lowest BCUT2D eigenvalue weighted by molar-refractivity contribution is 0.103. The number of hydrogen-bond acceptors (Lipinski definition) is 4. The van der Waals surface area contributed by atoms with Crippen molar-refractivity contribution >= 4 is 23.1 Å². The number of rotatable bonds is 2. The first kappa shape index (κ1) is 11.9. The summed E-state index contributed by atoms with van der Waals surface area (Å²) in [5.41, 5.74) is 1.64. The highest BCUT2D eigenvalue weighted by Gasteiger charge is 2.18. The minimum atomic E-state index is -0.180. The minimum Gasteiger partial charge on any atom is -0.305 e. The molecular formula is C13H12N4OS. The van der Waals surface area contributed by atoms with E-state index in [0.717, 1.165) is 12.8 Å². The first-order valence-electron chi connectivity index (χ1n) is 6.14. The highest BCUT2D eigenvalue weighted by atomic mass is 32.1. The number of nitrogens with one attached hydrogen (secondary N) is 2. The van der Waals surface area contributed by atoms with Crippen LogP contribution >= 0.6 is 11.3 Å². The van der Waals surface area contributed by atoms with Crippen molar-refractivity contribution in [1.29, 1.82) is 5.26 Å². The molecule has 0 aromatic carbocycles. The summed E-state index contributed by atoms with van der Waals surface area (Å²) in [4.78, 5) is 14.2. The second kappa shape index (κ2) is 4.86. The zero-order valence-electron chi connectivity index (χ0n) is 10.2. The van der Waals surface area contributed by atoms with Crippen LogP contribution in [0.2, 0.25) is 0 Å². The lowest BCUT2D eigenvalue weighted by Crippen LogP contribution is -2.11. The van der Waals surface area contributed by atoms with Gasteiger partial charge in [0, 0.05) is 4.88 Å². The lowest BCUT2D eigenvalue weighted by atomic mass is 9.99. The van der Waals surface area contributed by atoms with Gasteiger partial charge in [0.05, 0.1) is 11.1 Å². The van der Waals surface area contributed by atoms with E-state index in [-0.39, 0.29) is 5.91 Å². The number of carbonyl (C=O) groups excluding carboxylic acids is 1. The van der Waals surface area contributed by atoms with E-state index in [0.29, 0.717) is 16.3 Å². The monoisotopic (exact) mass is 272 g/mol. The van der Waals surface area contributed by atoms with Crippen molar-refractivity contribution in [3.05, 3.63) is 33.1 Å². The van der Waals surface area contributed by atoms with Crippen molar-refractivity contribution in [1.82, 2.24) is 10.2 Å². The molecule has 19 heavy (non-hydrogen) atoms. The molecule has 2 N–H and O–H groups in total. The summed E-state index contributed by atoms with van der Waals surface area (Å²) in [5.74, 6) is 0.180. The number of thiophene rings is 1. The van der Waals surface area contributed by atoms with Gasteiger partial charge in [-0.2, -0.15) is 10.4 Å². The van der Waals surface area contributed by atoms with Gasteiger partial charge in [-0.1, -0.05) is 0 Å². The number of anilines is 1. The van der Waals surface area contributed by atoms with Crippen LogP contribution in [0.1, 0.15) is 38.5 Å². The van der Waals surface area contributed by atoms with Crippen molar-refractivity contribution in [3.63, 3.8) is 0 Å². The molecule has 0 unspecified atom stereocenters. The number of nitriles is 1. The predicted molar refractivity (Wildman–Crippen MR) is 72.2 cm³/mol. The number of aromatic nitrogens is 2. The van der Waals surface area contributed by atoms with E-state index in [1.54, 1.807) is 11.3 Å². The number of aromatic amines is 1. The van der Waals surface area contributed by atoms with Gasteiger partial charge in [0.2, 0.25) is 0 Å². The van der Waals surface area contributed by atoms with Gasteiger partial charge in [0.15, 0.2) is 0 Å². The van der Waals surface area contributed by atoms with Crippen molar-refractivity contribution in [2.45, 2.75) is 25.7 Å². The van der Waals surface area contributed by atoms with Crippen LogP contribution in [-0.4, -0.2) is 16.1 Å². The minimum absolute atomic E-state index is 0.180. The molecule has 1 aliphatic carbocycles. The quantitative estimate of drug-likeness (QED) is 0.881. The smallest absolute Gasteiger partial charge is 0.266 e. The van der Waals surface area contributed by atoms with Crippen molar-refractivity contribution < 1.29 is 4.79 Å². The molecule has 0 spiro atoms. The molecular weight excluding hydrogens is 260 g/mol. The first-order chi connectivity index (χ1) is 9.28. The Hall–Kier alpha value is -2.13. The van der Waals surface area contributed by atoms with Crippen LogP contribution in [-0.2, 0) is 12.8 Å². The molecule has 1 amide bonds. The third-order valence-electron chi connectivity index (χ3n) is 3.22. The Labute approximate surface area is 114 Å². The molecule has 0 radical (unpaired) electrons. The molecule has 2 heterocycles. The Morgan fingerprint density at radius 3 is 3.11 bits per heavy atom. The number of nitrogens with zero attached hydrogens (tertiary/aromatic N) is 2. The van der Waals surface area contributed by atoms with Crippen molar-refractivity contribution in [2.75, 3.05) is 5.32 Å². The standard InChI is InChI=1S/C13H12N4OS/c14-6-9-7-15-17-12(9)16-13(18)11-5-8-3-1-2-4-10(8)19-11/h5,7H,1-4H2,(H2,15,16,17,18). The summed E-state index contributed by atoms with van der Waals surface area (Å²) < 4.78 is 0. The molecule has 0 saturated carbocycles. The van der Waals surface area contributed by atoms with E-state index in [4.69, 9.17) is 5.26 Å². The Kier molecular flexibility index (Phi) is 3.05. The normalized spacial score (nSPS) is 13.6. The van der Waals surface area contributed by atoms with Crippen LogP contribution in [0, 0.1) is 11.3 Å². The zero-order chi connectivity index (χ0) is 13.2. The van der Waals surface area contributed by atoms with Crippen LogP contribution in [0.25, 0.3) is 0 Å². The largest absolute Gasteiger partial charge is 0.305 e. The molecule has 1 aliphatic rings. The topological polar surface area (TPSA) is 81.6 Å². The molecule has 0 atom stereocenters. The molecule has 2 aromatic heterocycles. The summed E-state index contributed by atoms with van der Waals surface area (Å²) in [6, 6.07) is 3.95. The molecule has 0 saturated heterocycles. The fourth-order valence-electron chi connectivity index (χ4n) is 2.24. The number of fused-ring (bicyclic) bond motifs is 1. The highest BCUT2D eigenvalue weighted by Crippen LogP contribution is 2.30. The highest BCUT2D eigenvalue weighted by molar-refractivity contribution is 7.14. The van der Waals surface area contributed by atoms with E-state index < -0.39 is 0 Å². The molecule has 6 heteroatoms. The predicted octanol–water partition coefficient (Wildman–Crippen LogP) is 2.47. The zero-order valence-corrected chi connectivity index (χ0v) is 11.0. The molecule has 96 valence electrons. The number of hydrogen-bond donors (Lipinski definition) is 2. The maximum Gasteiger partial charge on any atom is 0.266 e. The van der Waals surface area contributed by atoms with E-state index in [2.05, 4.69) is 15.5 Å².